The fourth-order valence-electron chi connectivity index (χ4n) is 1.29. The van der Waals surface area contributed by atoms with Crippen molar-refractivity contribution >= 4 is 38.4 Å². The molecule has 0 aliphatic rings. The van der Waals surface area contributed by atoms with E-state index in [0.29, 0.717) is 5.02 Å². The van der Waals surface area contributed by atoms with Crippen molar-refractivity contribution < 1.29 is 0 Å². The van der Waals surface area contributed by atoms with Crippen LogP contribution in [-0.2, 0) is 0 Å². The monoisotopic (exact) mass is 255 g/mol. The third-order valence-corrected chi connectivity index (χ3v) is 2.83. The number of pyridine rings is 1. The molecule has 0 atom stereocenters. The number of aromatic nitrogens is 1. The second kappa shape index (κ2) is 3.28. The first kappa shape index (κ1) is 8.97. The number of fused-ring (bicyclic) bond motifs is 1. The van der Waals surface area contributed by atoms with Gasteiger partial charge >= 0.3 is 0 Å². The predicted octanol–water partition coefficient (Wildman–Crippen LogP) is 3.96. The molecule has 66 valence electrons. The molecule has 0 spiro atoms. The second-order valence-electron chi connectivity index (χ2n) is 2.88. The molecule has 1 heterocycles. The van der Waals surface area contributed by atoms with Crippen molar-refractivity contribution in [3.63, 3.8) is 0 Å². The standard InChI is InChI=1S/C10H7BrClN/c1-6-5-8(11)7-3-2-4-9(12)10(7)13-6/h2-5H,1H3. The first-order chi connectivity index (χ1) is 6.18. The summed E-state index contributed by atoms with van der Waals surface area (Å²) in [6.07, 6.45) is 0. The third-order valence-electron chi connectivity index (χ3n) is 1.87. The predicted molar refractivity (Wildman–Crippen MR) is 59.2 cm³/mol. The lowest BCUT2D eigenvalue weighted by atomic mass is 10.2. The van der Waals surface area contributed by atoms with Crippen molar-refractivity contribution in [2.24, 2.45) is 0 Å². The largest absolute Gasteiger partial charge is 0.251 e. The topological polar surface area (TPSA) is 12.9 Å². The Morgan fingerprint density at radius 3 is 2.92 bits per heavy atom. The van der Waals surface area contributed by atoms with Gasteiger partial charge in [0.25, 0.3) is 0 Å². The van der Waals surface area contributed by atoms with Crippen LogP contribution in [0.15, 0.2) is 28.7 Å². The minimum Gasteiger partial charge on any atom is -0.251 e. The van der Waals surface area contributed by atoms with Crippen LogP contribution in [-0.4, -0.2) is 4.98 Å². The Labute approximate surface area is 89.9 Å². The first-order valence-electron chi connectivity index (χ1n) is 3.90. The summed E-state index contributed by atoms with van der Waals surface area (Å²) >= 11 is 9.50. The lowest BCUT2D eigenvalue weighted by Gasteiger charge is -2.02. The highest BCUT2D eigenvalue weighted by Gasteiger charge is 2.03. The Kier molecular flexibility index (Phi) is 2.26. The van der Waals surface area contributed by atoms with E-state index in [1.54, 1.807) is 0 Å². The van der Waals surface area contributed by atoms with Gasteiger partial charge in [-0.15, -0.1) is 0 Å². The molecule has 3 heteroatoms. The molecular weight excluding hydrogens is 249 g/mol. The quantitative estimate of drug-likeness (QED) is 0.695. The van der Waals surface area contributed by atoms with Crippen molar-refractivity contribution in [2.45, 2.75) is 6.92 Å². The van der Waals surface area contributed by atoms with Gasteiger partial charge in [0.05, 0.1) is 10.5 Å². The number of hydrogen-bond donors (Lipinski definition) is 0. The third kappa shape index (κ3) is 1.56. The molecule has 1 aromatic heterocycles. The summed E-state index contributed by atoms with van der Waals surface area (Å²) in [5.41, 5.74) is 1.82. The van der Waals surface area contributed by atoms with Crippen LogP contribution < -0.4 is 0 Å². The zero-order chi connectivity index (χ0) is 9.42. The molecule has 13 heavy (non-hydrogen) atoms. The van der Waals surface area contributed by atoms with E-state index in [1.165, 1.54) is 0 Å². The van der Waals surface area contributed by atoms with E-state index in [9.17, 15) is 0 Å². The van der Waals surface area contributed by atoms with Gasteiger partial charge in [0.15, 0.2) is 0 Å². The highest BCUT2D eigenvalue weighted by molar-refractivity contribution is 9.10. The molecule has 0 fully saturated rings. The molecule has 0 aliphatic carbocycles. The molecule has 0 unspecified atom stereocenters. The molecule has 1 nitrogen and oxygen atoms in total. The van der Waals surface area contributed by atoms with E-state index in [-0.39, 0.29) is 0 Å². The van der Waals surface area contributed by atoms with Crippen LogP contribution in [0.5, 0.6) is 0 Å². The minimum atomic E-state index is 0.696. The van der Waals surface area contributed by atoms with E-state index in [1.807, 2.05) is 31.2 Å². The SMILES string of the molecule is Cc1cc(Br)c2cccc(Cl)c2n1. The van der Waals surface area contributed by atoms with Crippen LogP contribution in [0.1, 0.15) is 5.69 Å². The van der Waals surface area contributed by atoms with Crippen molar-refractivity contribution in [1.82, 2.24) is 4.98 Å². The Hall–Kier alpha value is -0.600. The van der Waals surface area contributed by atoms with Crippen molar-refractivity contribution in [3.05, 3.63) is 39.5 Å². The molecule has 0 bridgehead atoms. The molecule has 1 aromatic carbocycles. The van der Waals surface area contributed by atoms with Gasteiger partial charge in [-0.2, -0.15) is 0 Å². The van der Waals surface area contributed by atoms with Gasteiger partial charge in [0, 0.05) is 15.6 Å². The molecule has 0 N–H and O–H groups in total. The Bertz CT molecular complexity index is 468. The maximum absolute atomic E-state index is 6.02. The fourth-order valence-corrected chi connectivity index (χ4v) is 2.16. The van der Waals surface area contributed by atoms with Gasteiger partial charge in [-0.1, -0.05) is 39.7 Å². The Morgan fingerprint density at radius 2 is 2.15 bits per heavy atom. The lowest BCUT2D eigenvalue weighted by molar-refractivity contribution is 1.25. The molecule has 0 radical (unpaired) electrons. The molecule has 0 amide bonds. The Morgan fingerprint density at radius 1 is 1.38 bits per heavy atom. The summed E-state index contributed by atoms with van der Waals surface area (Å²) in [6.45, 7) is 1.95. The number of rotatable bonds is 0. The summed E-state index contributed by atoms with van der Waals surface area (Å²) in [5, 5.41) is 1.75. The van der Waals surface area contributed by atoms with Gasteiger partial charge in [0.1, 0.15) is 0 Å². The number of aryl methyl sites for hydroxylation is 1. The summed E-state index contributed by atoms with van der Waals surface area (Å²) in [6, 6.07) is 7.76. The molecular formula is C10H7BrClN. The van der Waals surface area contributed by atoms with E-state index in [4.69, 9.17) is 11.6 Å². The van der Waals surface area contributed by atoms with Crippen LogP contribution in [0.2, 0.25) is 5.02 Å². The maximum Gasteiger partial charge on any atom is 0.0902 e. The van der Waals surface area contributed by atoms with E-state index < -0.39 is 0 Å². The summed E-state index contributed by atoms with van der Waals surface area (Å²) in [7, 11) is 0. The summed E-state index contributed by atoms with van der Waals surface area (Å²) in [4.78, 5) is 4.37. The van der Waals surface area contributed by atoms with Gasteiger partial charge in [-0.25, -0.2) is 0 Å². The van der Waals surface area contributed by atoms with Gasteiger partial charge in [-0.05, 0) is 19.1 Å². The summed E-state index contributed by atoms with van der Waals surface area (Å²) < 4.78 is 1.04. The van der Waals surface area contributed by atoms with E-state index in [2.05, 4.69) is 20.9 Å². The molecule has 0 saturated heterocycles. The van der Waals surface area contributed by atoms with Crippen LogP contribution in [0.3, 0.4) is 0 Å². The fraction of sp³-hybridized carbons (Fsp3) is 0.100. The average Bonchev–Trinajstić information content (AvgIpc) is 2.07. The van der Waals surface area contributed by atoms with E-state index in [0.717, 1.165) is 21.1 Å². The molecule has 0 saturated carbocycles. The normalized spacial score (nSPS) is 10.7. The van der Waals surface area contributed by atoms with Crippen LogP contribution in [0.4, 0.5) is 0 Å². The zero-order valence-corrected chi connectivity index (χ0v) is 9.35. The van der Waals surface area contributed by atoms with Crippen LogP contribution >= 0.6 is 27.5 Å². The second-order valence-corrected chi connectivity index (χ2v) is 4.14. The average molecular weight is 257 g/mol. The molecule has 0 aliphatic heterocycles. The maximum atomic E-state index is 6.02. The lowest BCUT2D eigenvalue weighted by Crippen LogP contribution is -1.85. The highest BCUT2D eigenvalue weighted by Crippen LogP contribution is 2.28. The Balaban J connectivity index is 2.94. The zero-order valence-electron chi connectivity index (χ0n) is 7.01. The number of para-hydroxylation sites is 1. The summed E-state index contributed by atoms with van der Waals surface area (Å²) in [5.74, 6) is 0. The van der Waals surface area contributed by atoms with Crippen LogP contribution in [0.25, 0.3) is 10.9 Å². The molecule has 2 aromatic rings. The first-order valence-corrected chi connectivity index (χ1v) is 5.07. The van der Waals surface area contributed by atoms with Crippen molar-refractivity contribution in [1.29, 1.82) is 0 Å². The highest BCUT2D eigenvalue weighted by atomic mass is 79.9. The number of benzene rings is 1. The van der Waals surface area contributed by atoms with Crippen molar-refractivity contribution in [2.75, 3.05) is 0 Å². The smallest absolute Gasteiger partial charge is 0.0902 e. The number of nitrogens with zero attached hydrogens (tertiary/aromatic N) is 1. The number of halogens is 2. The minimum absolute atomic E-state index is 0.696. The van der Waals surface area contributed by atoms with Gasteiger partial charge < -0.3 is 0 Å². The van der Waals surface area contributed by atoms with Gasteiger partial charge in [-0.3, -0.25) is 4.98 Å². The van der Waals surface area contributed by atoms with Crippen LogP contribution in [0, 0.1) is 6.92 Å². The molecule has 2 rings (SSSR count). The van der Waals surface area contributed by atoms with E-state index >= 15 is 0 Å². The van der Waals surface area contributed by atoms with Crippen molar-refractivity contribution in [3.8, 4) is 0 Å². The van der Waals surface area contributed by atoms with Gasteiger partial charge in [0.2, 0.25) is 0 Å². The number of hydrogen-bond acceptors (Lipinski definition) is 1.